The lowest BCUT2D eigenvalue weighted by molar-refractivity contribution is -0.0880. The smallest absolute Gasteiger partial charge is 0.136 e. The van der Waals surface area contributed by atoms with Crippen molar-refractivity contribution in [3.63, 3.8) is 0 Å². The fraction of sp³-hybridized carbons (Fsp3) is 0.571. The minimum atomic E-state index is -0.269. The Morgan fingerprint density at radius 1 is 1.32 bits per heavy atom. The SMILES string of the molecule is CN1C2COCC1CC(Oc1cc(F)ccc1Br)C2. The van der Waals surface area contributed by atoms with Gasteiger partial charge in [0.2, 0.25) is 0 Å². The average Bonchev–Trinajstić information content (AvgIpc) is 2.35. The van der Waals surface area contributed by atoms with Crippen LogP contribution in [0.15, 0.2) is 22.7 Å². The van der Waals surface area contributed by atoms with Crippen LogP contribution in [0.25, 0.3) is 0 Å². The van der Waals surface area contributed by atoms with Crippen molar-refractivity contribution in [3.8, 4) is 5.75 Å². The number of piperidine rings is 1. The maximum absolute atomic E-state index is 13.3. The van der Waals surface area contributed by atoms with Crippen molar-refractivity contribution >= 4 is 15.9 Å². The van der Waals surface area contributed by atoms with Crippen LogP contribution in [0.3, 0.4) is 0 Å². The summed E-state index contributed by atoms with van der Waals surface area (Å²) in [5.74, 6) is 0.322. The minimum Gasteiger partial charge on any atom is -0.489 e. The fourth-order valence-electron chi connectivity index (χ4n) is 2.89. The lowest BCUT2D eigenvalue weighted by Gasteiger charge is -2.46. The second kappa shape index (κ2) is 5.38. The Balaban J connectivity index is 1.72. The van der Waals surface area contributed by atoms with Gasteiger partial charge < -0.3 is 9.47 Å². The van der Waals surface area contributed by atoms with Crippen LogP contribution in [-0.2, 0) is 4.74 Å². The number of morpholine rings is 1. The van der Waals surface area contributed by atoms with Gasteiger partial charge in [-0.15, -0.1) is 0 Å². The molecule has 0 saturated carbocycles. The highest BCUT2D eigenvalue weighted by Gasteiger charge is 2.37. The monoisotopic (exact) mass is 329 g/mol. The van der Waals surface area contributed by atoms with Gasteiger partial charge in [0.15, 0.2) is 0 Å². The van der Waals surface area contributed by atoms with Gasteiger partial charge in [-0.2, -0.15) is 0 Å². The number of halogens is 2. The maximum atomic E-state index is 13.3. The van der Waals surface area contributed by atoms with Gasteiger partial charge in [0.25, 0.3) is 0 Å². The molecule has 2 aliphatic rings. The van der Waals surface area contributed by atoms with Gasteiger partial charge in [-0.05, 0) is 35.1 Å². The van der Waals surface area contributed by atoms with E-state index in [0.717, 1.165) is 30.5 Å². The van der Waals surface area contributed by atoms with E-state index in [-0.39, 0.29) is 11.9 Å². The molecule has 2 heterocycles. The predicted molar refractivity (Wildman–Crippen MR) is 73.9 cm³/mol. The molecule has 0 spiro atoms. The first-order valence-corrected chi connectivity index (χ1v) is 7.34. The van der Waals surface area contributed by atoms with Crippen molar-refractivity contribution in [1.82, 2.24) is 4.90 Å². The molecular formula is C14H17BrFNO2. The van der Waals surface area contributed by atoms with Crippen LogP contribution in [0.1, 0.15) is 12.8 Å². The van der Waals surface area contributed by atoms with Gasteiger partial charge in [0.05, 0.1) is 17.7 Å². The number of hydrogen-bond acceptors (Lipinski definition) is 3. The Hall–Kier alpha value is -0.650. The van der Waals surface area contributed by atoms with Crippen LogP contribution in [0, 0.1) is 5.82 Å². The number of benzene rings is 1. The van der Waals surface area contributed by atoms with Crippen LogP contribution in [0.5, 0.6) is 5.75 Å². The molecular weight excluding hydrogens is 313 g/mol. The quantitative estimate of drug-likeness (QED) is 0.832. The largest absolute Gasteiger partial charge is 0.489 e. The van der Waals surface area contributed by atoms with Gasteiger partial charge in [-0.25, -0.2) is 4.39 Å². The molecule has 1 aromatic rings. The normalized spacial score (nSPS) is 31.2. The molecule has 5 heteroatoms. The van der Waals surface area contributed by atoms with E-state index in [4.69, 9.17) is 9.47 Å². The molecule has 2 unspecified atom stereocenters. The highest BCUT2D eigenvalue weighted by Crippen LogP contribution is 2.32. The third-order valence-electron chi connectivity index (χ3n) is 4.03. The molecule has 0 aromatic heterocycles. The fourth-order valence-corrected chi connectivity index (χ4v) is 3.23. The molecule has 2 bridgehead atoms. The van der Waals surface area contributed by atoms with E-state index in [9.17, 15) is 4.39 Å². The summed E-state index contributed by atoms with van der Waals surface area (Å²) < 4.78 is 25.6. The van der Waals surface area contributed by atoms with Gasteiger partial charge in [0, 0.05) is 31.0 Å². The molecule has 3 rings (SSSR count). The summed E-state index contributed by atoms with van der Waals surface area (Å²) in [6, 6.07) is 5.36. The number of nitrogens with zero attached hydrogens (tertiary/aromatic N) is 1. The standard InChI is InChI=1S/C14H17BrFNO2/c1-17-10-5-12(6-11(17)8-18-7-10)19-14-4-9(16)2-3-13(14)15/h2-4,10-12H,5-8H2,1H3. The van der Waals surface area contributed by atoms with E-state index >= 15 is 0 Å². The Morgan fingerprint density at radius 2 is 2.00 bits per heavy atom. The molecule has 1 aromatic carbocycles. The molecule has 0 amide bonds. The van der Waals surface area contributed by atoms with Crippen LogP contribution in [0.2, 0.25) is 0 Å². The summed E-state index contributed by atoms with van der Waals surface area (Å²) in [4.78, 5) is 2.38. The topological polar surface area (TPSA) is 21.7 Å². The molecule has 2 aliphatic heterocycles. The average molecular weight is 330 g/mol. The third-order valence-corrected chi connectivity index (χ3v) is 4.68. The first-order valence-electron chi connectivity index (χ1n) is 6.55. The lowest BCUT2D eigenvalue weighted by atomic mass is 9.92. The Kier molecular flexibility index (Phi) is 3.78. The van der Waals surface area contributed by atoms with Gasteiger partial charge in [-0.1, -0.05) is 0 Å². The number of likely N-dealkylation sites (N-methyl/N-ethyl adjacent to an activating group) is 1. The van der Waals surface area contributed by atoms with Crippen molar-refractivity contribution < 1.29 is 13.9 Å². The van der Waals surface area contributed by atoms with E-state index in [1.165, 1.54) is 12.1 Å². The summed E-state index contributed by atoms with van der Waals surface area (Å²) >= 11 is 3.40. The Bertz CT molecular complexity index is 457. The minimum absolute atomic E-state index is 0.133. The maximum Gasteiger partial charge on any atom is 0.136 e. The highest BCUT2D eigenvalue weighted by atomic mass is 79.9. The molecule has 19 heavy (non-hydrogen) atoms. The molecule has 2 saturated heterocycles. The van der Waals surface area contributed by atoms with Crippen molar-refractivity contribution in [2.75, 3.05) is 20.3 Å². The second-order valence-electron chi connectivity index (χ2n) is 5.30. The summed E-state index contributed by atoms with van der Waals surface area (Å²) in [7, 11) is 2.15. The third kappa shape index (κ3) is 2.78. The first kappa shape index (κ1) is 13.3. The van der Waals surface area contributed by atoms with Crippen LogP contribution in [-0.4, -0.2) is 43.3 Å². The summed E-state index contributed by atoms with van der Waals surface area (Å²) in [5.41, 5.74) is 0. The van der Waals surface area contributed by atoms with Crippen molar-refractivity contribution in [3.05, 3.63) is 28.5 Å². The van der Waals surface area contributed by atoms with Gasteiger partial charge in [0.1, 0.15) is 17.7 Å². The summed E-state index contributed by atoms with van der Waals surface area (Å²) in [6.45, 7) is 1.52. The summed E-state index contributed by atoms with van der Waals surface area (Å²) in [5, 5.41) is 0. The van der Waals surface area contributed by atoms with Crippen molar-refractivity contribution in [2.24, 2.45) is 0 Å². The molecule has 0 radical (unpaired) electrons. The zero-order chi connectivity index (χ0) is 13.4. The first-order chi connectivity index (χ1) is 9.13. The highest BCUT2D eigenvalue weighted by molar-refractivity contribution is 9.10. The molecule has 0 aliphatic carbocycles. The zero-order valence-electron chi connectivity index (χ0n) is 10.8. The van der Waals surface area contributed by atoms with Crippen LogP contribution >= 0.6 is 15.9 Å². The molecule has 2 fully saturated rings. The van der Waals surface area contributed by atoms with Crippen molar-refractivity contribution in [2.45, 2.75) is 31.0 Å². The summed E-state index contributed by atoms with van der Waals surface area (Å²) in [6.07, 6.45) is 1.99. The van der Waals surface area contributed by atoms with E-state index in [0.29, 0.717) is 17.8 Å². The van der Waals surface area contributed by atoms with Crippen LogP contribution < -0.4 is 4.74 Å². The Labute approximate surface area is 120 Å². The van der Waals surface area contributed by atoms with Crippen LogP contribution in [0.4, 0.5) is 4.39 Å². The zero-order valence-corrected chi connectivity index (χ0v) is 12.4. The Morgan fingerprint density at radius 3 is 2.68 bits per heavy atom. The molecule has 3 nitrogen and oxygen atoms in total. The van der Waals surface area contributed by atoms with Gasteiger partial charge in [-0.3, -0.25) is 4.90 Å². The predicted octanol–water partition coefficient (Wildman–Crippen LogP) is 2.83. The number of hydrogen-bond donors (Lipinski definition) is 0. The lowest BCUT2D eigenvalue weighted by Crippen LogP contribution is -2.57. The van der Waals surface area contributed by atoms with Crippen molar-refractivity contribution in [1.29, 1.82) is 0 Å². The van der Waals surface area contributed by atoms with E-state index in [1.807, 2.05) is 0 Å². The number of ether oxygens (including phenoxy) is 2. The van der Waals surface area contributed by atoms with E-state index in [2.05, 4.69) is 27.9 Å². The molecule has 104 valence electrons. The van der Waals surface area contributed by atoms with E-state index < -0.39 is 0 Å². The molecule has 0 N–H and O–H groups in total. The van der Waals surface area contributed by atoms with E-state index in [1.54, 1.807) is 6.07 Å². The second-order valence-corrected chi connectivity index (χ2v) is 6.15. The number of rotatable bonds is 2. The van der Waals surface area contributed by atoms with Gasteiger partial charge >= 0.3 is 0 Å². The number of fused-ring (bicyclic) bond motifs is 2. The molecule has 2 atom stereocenters.